The van der Waals surface area contributed by atoms with Crippen molar-refractivity contribution in [2.45, 2.75) is 24.8 Å². The summed E-state index contributed by atoms with van der Waals surface area (Å²) < 4.78 is 31.1. The predicted molar refractivity (Wildman–Crippen MR) is 72.2 cm³/mol. The van der Waals surface area contributed by atoms with Crippen LogP contribution in [0.4, 0.5) is 0 Å². The van der Waals surface area contributed by atoms with Crippen LogP contribution in [0.1, 0.15) is 24.3 Å². The molecule has 1 atom stereocenters. The lowest BCUT2D eigenvalue weighted by atomic mass is 10.1. The Bertz CT molecular complexity index is 641. The zero-order valence-corrected chi connectivity index (χ0v) is 12.5. The van der Waals surface area contributed by atoms with Crippen LogP contribution in [0.2, 0.25) is 0 Å². The first-order chi connectivity index (χ1) is 9.70. The molecule has 0 spiro atoms. The summed E-state index contributed by atoms with van der Waals surface area (Å²) in [5.41, 5.74) is -0.402. The summed E-state index contributed by atoms with van der Waals surface area (Å²) in [6.07, 6.45) is 1.24. The minimum Gasteiger partial charge on any atom is -0.480 e. The number of nitrogens with one attached hydrogen (secondary N) is 1. The maximum absolute atomic E-state index is 12.3. The number of pyridine rings is 1. The lowest BCUT2D eigenvalue weighted by Crippen LogP contribution is -2.44. The Kier molecular flexibility index (Phi) is 5.39. The highest BCUT2D eigenvalue weighted by Crippen LogP contribution is 2.16. The monoisotopic (exact) mass is 316 g/mol. The summed E-state index contributed by atoms with van der Waals surface area (Å²) in [6.45, 7) is 3.12. The molecule has 1 heterocycles. The van der Waals surface area contributed by atoms with Gasteiger partial charge in [0.1, 0.15) is 10.9 Å². The third-order valence-corrected chi connectivity index (χ3v) is 4.13. The lowest BCUT2D eigenvalue weighted by molar-refractivity contribution is -0.140. The number of ether oxygens (including phenoxy) is 1. The average molecular weight is 316 g/mol. The number of aromatic nitrogens is 1. The number of nitrogens with zero attached hydrogens (tertiary/aromatic N) is 1. The Hall–Kier alpha value is -2.00. The number of carbonyl (C=O) groups is 2. The van der Waals surface area contributed by atoms with Gasteiger partial charge in [0.05, 0.1) is 7.11 Å². The van der Waals surface area contributed by atoms with Crippen molar-refractivity contribution in [3.05, 3.63) is 24.0 Å². The first-order valence-electron chi connectivity index (χ1n) is 5.99. The second-order valence-electron chi connectivity index (χ2n) is 4.52. The molecular formula is C12H16N2O6S. The van der Waals surface area contributed by atoms with Gasteiger partial charge in [-0.15, -0.1) is 0 Å². The molecule has 21 heavy (non-hydrogen) atoms. The second-order valence-corrected chi connectivity index (χ2v) is 6.21. The van der Waals surface area contributed by atoms with Gasteiger partial charge in [-0.3, -0.25) is 4.79 Å². The van der Waals surface area contributed by atoms with Crippen LogP contribution in [0.5, 0.6) is 0 Å². The van der Waals surface area contributed by atoms with Gasteiger partial charge in [0, 0.05) is 6.20 Å². The molecule has 0 amide bonds. The van der Waals surface area contributed by atoms with Gasteiger partial charge in [0.15, 0.2) is 5.69 Å². The van der Waals surface area contributed by atoms with Gasteiger partial charge >= 0.3 is 11.9 Å². The van der Waals surface area contributed by atoms with Gasteiger partial charge < -0.3 is 9.84 Å². The zero-order valence-electron chi connectivity index (χ0n) is 11.7. The Balaban J connectivity index is 3.26. The zero-order chi connectivity index (χ0) is 16.2. The quantitative estimate of drug-likeness (QED) is 0.721. The normalized spacial score (nSPS) is 13.0. The predicted octanol–water partition coefficient (Wildman–Crippen LogP) is 0.256. The van der Waals surface area contributed by atoms with Crippen molar-refractivity contribution in [3.8, 4) is 0 Å². The van der Waals surface area contributed by atoms with Crippen LogP contribution in [-0.2, 0) is 19.6 Å². The van der Waals surface area contributed by atoms with Crippen LogP contribution in [0, 0.1) is 5.92 Å². The molecule has 1 aromatic rings. The summed E-state index contributed by atoms with van der Waals surface area (Å²) in [7, 11) is -3.14. The van der Waals surface area contributed by atoms with E-state index in [2.05, 4.69) is 14.4 Å². The molecule has 0 bridgehead atoms. The fraction of sp³-hybridized carbons (Fsp3) is 0.417. The van der Waals surface area contributed by atoms with Crippen molar-refractivity contribution in [2.75, 3.05) is 7.11 Å². The van der Waals surface area contributed by atoms with Crippen LogP contribution in [-0.4, -0.2) is 43.6 Å². The largest absolute Gasteiger partial charge is 0.480 e. The summed E-state index contributed by atoms with van der Waals surface area (Å²) in [5.74, 6) is -2.71. The Labute approximate surface area is 122 Å². The molecule has 0 fully saturated rings. The number of aliphatic carboxylic acids is 1. The van der Waals surface area contributed by atoms with E-state index in [9.17, 15) is 18.0 Å². The third kappa shape index (κ3) is 3.99. The van der Waals surface area contributed by atoms with E-state index in [0.717, 1.165) is 13.2 Å². The number of sulfonamides is 1. The smallest absolute Gasteiger partial charge is 0.358 e. The molecule has 0 saturated heterocycles. The number of carboxylic acids is 1. The lowest BCUT2D eigenvalue weighted by Gasteiger charge is -2.18. The van der Waals surface area contributed by atoms with E-state index in [1.807, 2.05) is 0 Å². The van der Waals surface area contributed by atoms with Crippen LogP contribution < -0.4 is 4.72 Å². The minimum atomic E-state index is -4.23. The molecule has 9 heteroatoms. The summed E-state index contributed by atoms with van der Waals surface area (Å²) >= 11 is 0. The van der Waals surface area contributed by atoms with E-state index in [1.165, 1.54) is 12.3 Å². The standard InChI is InChI=1S/C12H16N2O6S/c1-7(2)9(11(15)16)14-21(18,19)8-5-4-6-13-10(8)12(17)20-3/h4-7,9,14H,1-3H3,(H,15,16)/t9-/m0/s1. The molecule has 0 radical (unpaired) electrons. The number of hydrogen-bond acceptors (Lipinski definition) is 6. The highest BCUT2D eigenvalue weighted by atomic mass is 32.2. The minimum absolute atomic E-state index is 0.402. The van der Waals surface area contributed by atoms with E-state index in [0.29, 0.717) is 0 Å². The molecule has 0 saturated carbocycles. The molecule has 2 N–H and O–H groups in total. The Morgan fingerprint density at radius 2 is 2.00 bits per heavy atom. The fourth-order valence-corrected chi connectivity index (χ4v) is 3.04. The number of methoxy groups -OCH3 is 1. The average Bonchev–Trinajstić information content (AvgIpc) is 2.43. The van der Waals surface area contributed by atoms with E-state index in [1.54, 1.807) is 13.8 Å². The van der Waals surface area contributed by atoms with Gasteiger partial charge in [-0.1, -0.05) is 13.8 Å². The summed E-state index contributed by atoms with van der Waals surface area (Å²) in [6, 6.07) is 1.16. The molecule has 0 aliphatic rings. The third-order valence-electron chi connectivity index (χ3n) is 2.65. The molecular weight excluding hydrogens is 300 g/mol. The van der Waals surface area contributed by atoms with Crippen LogP contribution >= 0.6 is 0 Å². The fourth-order valence-electron chi connectivity index (χ4n) is 1.56. The molecule has 8 nitrogen and oxygen atoms in total. The Morgan fingerprint density at radius 3 is 2.48 bits per heavy atom. The maximum atomic E-state index is 12.3. The molecule has 1 rings (SSSR count). The van der Waals surface area contributed by atoms with Gasteiger partial charge in [-0.2, -0.15) is 4.72 Å². The molecule has 0 aromatic carbocycles. The van der Waals surface area contributed by atoms with E-state index >= 15 is 0 Å². The van der Waals surface area contributed by atoms with Crippen LogP contribution in [0.3, 0.4) is 0 Å². The van der Waals surface area contributed by atoms with Crippen molar-refractivity contribution < 1.29 is 27.9 Å². The molecule has 0 aliphatic heterocycles. The molecule has 116 valence electrons. The van der Waals surface area contributed by atoms with Gasteiger partial charge in [0.25, 0.3) is 0 Å². The number of rotatable bonds is 6. The topological polar surface area (TPSA) is 123 Å². The van der Waals surface area contributed by atoms with Crippen molar-refractivity contribution in [2.24, 2.45) is 5.92 Å². The Morgan fingerprint density at radius 1 is 1.38 bits per heavy atom. The van der Waals surface area contributed by atoms with E-state index < -0.39 is 44.5 Å². The number of carbonyl (C=O) groups excluding carboxylic acids is 1. The van der Waals surface area contributed by atoms with Gasteiger partial charge in [-0.05, 0) is 18.1 Å². The number of hydrogen-bond donors (Lipinski definition) is 2. The first-order valence-corrected chi connectivity index (χ1v) is 7.47. The molecule has 0 unspecified atom stereocenters. The van der Waals surface area contributed by atoms with Gasteiger partial charge in [0.2, 0.25) is 10.0 Å². The molecule has 1 aromatic heterocycles. The number of carboxylic acid groups (broad SMARTS) is 1. The first kappa shape index (κ1) is 17.1. The summed E-state index contributed by atoms with van der Waals surface area (Å²) in [4.78, 5) is 25.9. The SMILES string of the molecule is COC(=O)c1ncccc1S(=O)(=O)N[C@H](C(=O)O)C(C)C. The van der Waals surface area contributed by atoms with E-state index in [4.69, 9.17) is 5.11 Å². The van der Waals surface area contributed by atoms with Crippen LogP contribution in [0.15, 0.2) is 23.2 Å². The van der Waals surface area contributed by atoms with Crippen molar-refractivity contribution >= 4 is 22.0 Å². The van der Waals surface area contributed by atoms with Crippen molar-refractivity contribution in [1.82, 2.24) is 9.71 Å². The summed E-state index contributed by atoms with van der Waals surface area (Å²) in [5, 5.41) is 9.04. The number of esters is 1. The highest BCUT2D eigenvalue weighted by molar-refractivity contribution is 7.89. The second kappa shape index (κ2) is 6.64. The van der Waals surface area contributed by atoms with Crippen molar-refractivity contribution in [3.63, 3.8) is 0 Å². The maximum Gasteiger partial charge on any atom is 0.358 e. The van der Waals surface area contributed by atoms with Gasteiger partial charge in [-0.25, -0.2) is 18.2 Å². The van der Waals surface area contributed by atoms with E-state index in [-0.39, 0.29) is 0 Å². The van der Waals surface area contributed by atoms with Crippen LogP contribution in [0.25, 0.3) is 0 Å². The van der Waals surface area contributed by atoms with Crippen molar-refractivity contribution in [1.29, 1.82) is 0 Å². The highest BCUT2D eigenvalue weighted by Gasteiger charge is 2.31. The molecule has 0 aliphatic carbocycles.